The molecule has 0 bridgehead atoms. The SMILES string of the molecule is CC.Cc1cc(-c2ccc(C(CO)C(ON)c3c(C)cccc3C)cc2)cc(C)c1C. The zero-order valence-corrected chi connectivity index (χ0v) is 20.0. The van der Waals surface area contributed by atoms with E-state index in [1.54, 1.807) is 0 Å². The standard InChI is InChI=1S/C26H31NO2.C2H6/c1-16-7-6-8-17(2)25(16)26(29-27)24(15-28)22-11-9-21(10-12-22)23-13-18(3)20(5)19(4)14-23;1-2/h6-14,24,26,28H,15,27H2,1-5H3;1-2H3. The summed E-state index contributed by atoms with van der Waals surface area (Å²) < 4.78 is 0. The second-order valence-electron chi connectivity index (χ2n) is 8.01. The van der Waals surface area contributed by atoms with Gasteiger partial charge in [0.05, 0.1) is 6.61 Å². The molecule has 0 radical (unpaired) electrons. The summed E-state index contributed by atoms with van der Waals surface area (Å²) in [5.74, 6) is 5.47. The molecule has 0 aliphatic rings. The zero-order chi connectivity index (χ0) is 23.1. The van der Waals surface area contributed by atoms with Crippen LogP contribution in [0.3, 0.4) is 0 Å². The molecule has 3 nitrogen and oxygen atoms in total. The third kappa shape index (κ3) is 5.43. The number of aliphatic hydroxyl groups is 1. The summed E-state index contributed by atoms with van der Waals surface area (Å²) in [5.41, 5.74) is 10.6. The minimum atomic E-state index is -0.407. The third-order valence-electron chi connectivity index (χ3n) is 6.13. The van der Waals surface area contributed by atoms with Gasteiger partial charge >= 0.3 is 0 Å². The molecule has 0 aliphatic heterocycles. The van der Waals surface area contributed by atoms with Crippen LogP contribution >= 0.6 is 0 Å². The van der Waals surface area contributed by atoms with E-state index in [9.17, 15) is 5.11 Å². The highest BCUT2D eigenvalue weighted by Gasteiger charge is 2.27. The highest BCUT2D eigenvalue weighted by molar-refractivity contribution is 5.66. The van der Waals surface area contributed by atoms with Crippen LogP contribution in [-0.2, 0) is 4.84 Å². The molecule has 2 atom stereocenters. The molecular weight excluding hydrogens is 382 g/mol. The van der Waals surface area contributed by atoms with Crippen molar-refractivity contribution >= 4 is 0 Å². The van der Waals surface area contributed by atoms with Crippen LogP contribution in [0, 0.1) is 34.6 Å². The molecule has 0 amide bonds. The minimum absolute atomic E-state index is 0.0439. The monoisotopic (exact) mass is 419 g/mol. The largest absolute Gasteiger partial charge is 0.396 e. The number of hydrogen-bond acceptors (Lipinski definition) is 3. The van der Waals surface area contributed by atoms with Crippen molar-refractivity contribution in [2.75, 3.05) is 6.61 Å². The van der Waals surface area contributed by atoms with Crippen molar-refractivity contribution in [3.8, 4) is 11.1 Å². The van der Waals surface area contributed by atoms with Gasteiger partial charge in [0.1, 0.15) is 6.10 Å². The van der Waals surface area contributed by atoms with Crippen molar-refractivity contribution < 1.29 is 9.94 Å². The Hall–Kier alpha value is -2.46. The number of nitrogens with two attached hydrogens (primary N) is 1. The van der Waals surface area contributed by atoms with Gasteiger partial charge in [-0.15, -0.1) is 0 Å². The summed E-state index contributed by atoms with van der Waals surface area (Å²) >= 11 is 0. The van der Waals surface area contributed by atoms with Crippen molar-refractivity contribution in [3.63, 3.8) is 0 Å². The highest BCUT2D eigenvalue weighted by atomic mass is 16.6. The van der Waals surface area contributed by atoms with Crippen LogP contribution in [0.1, 0.15) is 64.8 Å². The number of aliphatic hydroxyl groups excluding tert-OH is 1. The lowest BCUT2D eigenvalue weighted by atomic mass is 9.85. The summed E-state index contributed by atoms with van der Waals surface area (Å²) in [6.45, 7) is 14.5. The van der Waals surface area contributed by atoms with E-state index in [1.807, 2.05) is 45.9 Å². The van der Waals surface area contributed by atoms with E-state index in [-0.39, 0.29) is 12.5 Å². The predicted molar refractivity (Wildman–Crippen MR) is 131 cm³/mol. The van der Waals surface area contributed by atoms with Gasteiger partial charge in [-0.05, 0) is 84.7 Å². The van der Waals surface area contributed by atoms with Crippen LogP contribution in [0.15, 0.2) is 54.6 Å². The lowest BCUT2D eigenvalue weighted by Crippen LogP contribution is -2.22. The normalized spacial score (nSPS) is 12.7. The van der Waals surface area contributed by atoms with Crippen molar-refractivity contribution in [1.82, 2.24) is 0 Å². The average molecular weight is 420 g/mol. The molecule has 31 heavy (non-hydrogen) atoms. The molecule has 0 aromatic heterocycles. The van der Waals surface area contributed by atoms with Gasteiger partial charge in [0.2, 0.25) is 0 Å². The molecule has 0 saturated heterocycles. The van der Waals surface area contributed by atoms with Gasteiger partial charge in [-0.2, -0.15) is 0 Å². The first-order chi connectivity index (χ1) is 14.9. The number of benzene rings is 3. The first kappa shape index (κ1) is 24.8. The lowest BCUT2D eigenvalue weighted by molar-refractivity contribution is 0.0162. The third-order valence-corrected chi connectivity index (χ3v) is 6.13. The smallest absolute Gasteiger partial charge is 0.113 e. The van der Waals surface area contributed by atoms with E-state index in [4.69, 9.17) is 10.7 Å². The molecule has 0 heterocycles. The molecule has 0 fully saturated rings. The Kier molecular flexibility index (Phi) is 9.00. The molecule has 3 aromatic carbocycles. The van der Waals surface area contributed by atoms with Crippen LogP contribution in [-0.4, -0.2) is 11.7 Å². The quantitative estimate of drug-likeness (QED) is 0.441. The second kappa shape index (κ2) is 11.2. The second-order valence-corrected chi connectivity index (χ2v) is 8.01. The fourth-order valence-corrected chi connectivity index (χ4v) is 4.14. The molecule has 166 valence electrons. The maximum atomic E-state index is 10.2. The summed E-state index contributed by atoms with van der Waals surface area (Å²) in [5, 5.41) is 10.2. The summed E-state index contributed by atoms with van der Waals surface area (Å²) in [4.78, 5) is 5.40. The van der Waals surface area contributed by atoms with Gasteiger partial charge in [-0.1, -0.05) is 68.4 Å². The van der Waals surface area contributed by atoms with E-state index in [2.05, 4.69) is 57.2 Å². The van der Waals surface area contributed by atoms with E-state index in [0.717, 1.165) is 27.8 Å². The molecule has 0 saturated carbocycles. The maximum absolute atomic E-state index is 10.2. The van der Waals surface area contributed by atoms with Crippen LogP contribution in [0.25, 0.3) is 11.1 Å². The Morgan fingerprint density at radius 2 is 1.29 bits per heavy atom. The first-order valence-electron chi connectivity index (χ1n) is 11.1. The van der Waals surface area contributed by atoms with Crippen molar-refractivity contribution in [2.45, 2.75) is 60.5 Å². The Labute approximate surface area is 187 Å². The van der Waals surface area contributed by atoms with Crippen LogP contribution < -0.4 is 5.90 Å². The Morgan fingerprint density at radius 1 is 0.774 bits per heavy atom. The van der Waals surface area contributed by atoms with E-state index < -0.39 is 6.10 Å². The van der Waals surface area contributed by atoms with Gasteiger partial charge in [-0.25, -0.2) is 5.90 Å². The lowest BCUT2D eigenvalue weighted by Gasteiger charge is -2.27. The highest BCUT2D eigenvalue weighted by Crippen LogP contribution is 2.37. The molecule has 2 unspecified atom stereocenters. The van der Waals surface area contributed by atoms with Crippen molar-refractivity contribution in [1.29, 1.82) is 0 Å². The maximum Gasteiger partial charge on any atom is 0.113 e. The van der Waals surface area contributed by atoms with Crippen molar-refractivity contribution in [3.05, 3.63) is 93.5 Å². The Morgan fingerprint density at radius 3 is 1.74 bits per heavy atom. The fraction of sp³-hybridized carbons (Fsp3) is 0.357. The molecule has 3 heteroatoms. The molecule has 3 aromatic rings. The molecule has 0 spiro atoms. The van der Waals surface area contributed by atoms with Gasteiger partial charge < -0.3 is 5.11 Å². The topological polar surface area (TPSA) is 55.5 Å². The van der Waals surface area contributed by atoms with Crippen LogP contribution in [0.5, 0.6) is 0 Å². The fourth-order valence-electron chi connectivity index (χ4n) is 4.14. The van der Waals surface area contributed by atoms with Gasteiger partial charge in [0.15, 0.2) is 0 Å². The van der Waals surface area contributed by atoms with Crippen molar-refractivity contribution in [2.24, 2.45) is 5.90 Å². The van der Waals surface area contributed by atoms with Gasteiger partial charge in [0, 0.05) is 5.92 Å². The van der Waals surface area contributed by atoms with E-state index >= 15 is 0 Å². The minimum Gasteiger partial charge on any atom is -0.396 e. The summed E-state index contributed by atoms with van der Waals surface area (Å²) in [6, 6.07) is 18.9. The predicted octanol–water partition coefficient (Wildman–Crippen LogP) is 6.63. The Balaban J connectivity index is 0.00000166. The van der Waals surface area contributed by atoms with Gasteiger partial charge in [-0.3, -0.25) is 4.84 Å². The average Bonchev–Trinajstić information content (AvgIpc) is 2.78. The molecule has 0 aliphatic carbocycles. The number of rotatable bonds is 6. The zero-order valence-electron chi connectivity index (χ0n) is 20.0. The van der Waals surface area contributed by atoms with E-state index in [1.165, 1.54) is 22.3 Å². The van der Waals surface area contributed by atoms with E-state index in [0.29, 0.717) is 0 Å². The van der Waals surface area contributed by atoms with Crippen LogP contribution in [0.2, 0.25) is 0 Å². The summed E-state index contributed by atoms with van der Waals surface area (Å²) in [6.07, 6.45) is -0.407. The first-order valence-corrected chi connectivity index (χ1v) is 11.1. The summed E-state index contributed by atoms with van der Waals surface area (Å²) in [7, 11) is 0. The number of aryl methyl sites for hydroxylation is 4. The Bertz CT molecular complexity index is 949. The molecular formula is C28H37NO2. The molecule has 3 rings (SSSR count). The van der Waals surface area contributed by atoms with Crippen LogP contribution in [0.4, 0.5) is 0 Å². The number of hydrogen-bond donors (Lipinski definition) is 2. The molecule has 3 N–H and O–H groups in total. The van der Waals surface area contributed by atoms with Gasteiger partial charge in [0.25, 0.3) is 0 Å².